The number of likely N-dealkylation sites (tertiary alicyclic amines) is 1. The van der Waals surface area contributed by atoms with Crippen molar-refractivity contribution in [1.29, 1.82) is 0 Å². The number of piperidine rings is 1. The average Bonchev–Trinajstić information content (AvgIpc) is 3.19. The predicted octanol–water partition coefficient (Wildman–Crippen LogP) is 1.65. The van der Waals surface area contributed by atoms with E-state index >= 15 is 0 Å². The van der Waals surface area contributed by atoms with Crippen LogP contribution in [0.1, 0.15) is 39.0 Å². The van der Waals surface area contributed by atoms with E-state index in [1.54, 1.807) is 11.8 Å². The number of hydrogen-bond acceptors (Lipinski definition) is 3. The molecule has 3 N–H and O–H groups in total. The maximum Gasteiger partial charge on any atom is 0.393 e. The van der Waals surface area contributed by atoms with E-state index < -0.39 is 23.5 Å². The van der Waals surface area contributed by atoms with Crippen LogP contribution in [0, 0.1) is 5.92 Å². The lowest BCUT2D eigenvalue weighted by Gasteiger charge is -2.36. The number of amides is 1. The smallest absolute Gasteiger partial charge is 0.368 e. The molecule has 1 saturated heterocycles. The van der Waals surface area contributed by atoms with Gasteiger partial charge in [0, 0.05) is 19.1 Å². The number of nitrogens with two attached hydrogens (primary N) is 1. The van der Waals surface area contributed by atoms with Crippen molar-refractivity contribution in [3.8, 4) is 0 Å². The van der Waals surface area contributed by atoms with Crippen molar-refractivity contribution in [2.75, 3.05) is 19.6 Å². The van der Waals surface area contributed by atoms with Gasteiger partial charge in [-0.3, -0.25) is 4.79 Å². The van der Waals surface area contributed by atoms with Gasteiger partial charge in [-0.15, -0.1) is 0 Å². The van der Waals surface area contributed by atoms with Gasteiger partial charge in [-0.05, 0) is 45.6 Å². The molecule has 0 bridgehead atoms. The van der Waals surface area contributed by atoms with Gasteiger partial charge >= 0.3 is 6.18 Å². The Morgan fingerprint density at radius 1 is 1.33 bits per heavy atom. The summed E-state index contributed by atoms with van der Waals surface area (Å²) in [5.74, 6) is -1.68. The predicted molar refractivity (Wildman–Crippen MR) is 73.6 cm³/mol. The molecular weight excluding hydrogens is 283 g/mol. The number of halogens is 3. The number of rotatable bonds is 6. The number of hydrogen-bond donors (Lipinski definition) is 2. The van der Waals surface area contributed by atoms with Crippen LogP contribution in [0.15, 0.2) is 0 Å². The number of nitrogens with one attached hydrogen (secondary N) is 1. The van der Waals surface area contributed by atoms with Crippen LogP contribution in [-0.2, 0) is 4.79 Å². The van der Waals surface area contributed by atoms with Crippen molar-refractivity contribution in [2.24, 2.45) is 11.7 Å². The fourth-order valence-corrected chi connectivity index (χ4v) is 2.85. The molecule has 0 aromatic heterocycles. The second-order valence-electron chi connectivity index (χ2n) is 6.55. The largest absolute Gasteiger partial charge is 0.393 e. The molecule has 0 spiro atoms. The van der Waals surface area contributed by atoms with E-state index in [1.165, 1.54) is 0 Å². The summed E-state index contributed by atoms with van der Waals surface area (Å²) in [6.45, 7) is 2.90. The molecule has 1 aliphatic carbocycles. The van der Waals surface area contributed by atoms with Crippen LogP contribution in [0.5, 0.6) is 0 Å². The molecule has 4 nitrogen and oxygen atoms in total. The van der Waals surface area contributed by atoms with E-state index in [2.05, 4.69) is 5.32 Å². The van der Waals surface area contributed by atoms with Crippen molar-refractivity contribution in [1.82, 2.24) is 10.2 Å². The third-order valence-corrected chi connectivity index (χ3v) is 4.54. The number of carbonyl (C=O) groups excluding carboxylic acids is 1. The number of primary amides is 1. The van der Waals surface area contributed by atoms with Gasteiger partial charge in [-0.1, -0.05) is 0 Å². The highest BCUT2D eigenvalue weighted by atomic mass is 19.4. The first-order valence-corrected chi connectivity index (χ1v) is 7.57. The van der Waals surface area contributed by atoms with Crippen LogP contribution >= 0.6 is 0 Å². The first-order chi connectivity index (χ1) is 9.71. The van der Waals surface area contributed by atoms with Gasteiger partial charge in [0.05, 0.1) is 11.5 Å². The first-order valence-electron chi connectivity index (χ1n) is 7.57. The Bertz CT molecular complexity index is 384. The fraction of sp³-hybridized carbons (Fsp3) is 0.929. The van der Waals surface area contributed by atoms with Gasteiger partial charge in [-0.25, -0.2) is 0 Å². The Morgan fingerprint density at radius 3 is 2.52 bits per heavy atom. The van der Waals surface area contributed by atoms with Gasteiger partial charge in [-0.2, -0.15) is 13.2 Å². The van der Waals surface area contributed by atoms with Gasteiger partial charge in [0.1, 0.15) is 0 Å². The van der Waals surface area contributed by atoms with E-state index in [0.717, 1.165) is 12.8 Å². The standard InChI is InChI=1S/C14H24F3N3O/c1-13(12(18)21,19-11-4-5-11)6-8-20-7-2-3-10(9-20)14(15,16)17/h10-11,19H,2-9H2,1H3,(H2,18,21). The molecule has 122 valence electrons. The minimum absolute atomic E-state index is 0.0295. The lowest BCUT2D eigenvalue weighted by Crippen LogP contribution is -2.56. The van der Waals surface area contributed by atoms with E-state index in [0.29, 0.717) is 32.0 Å². The van der Waals surface area contributed by atoms with Crippen molar-refractivity contribution in [3.63, 3.8) is 0 Å². The van der Waals surface area contributed by atoms with Gasteiger partial charge in [0.15, 0.2) is 0 Å². The summed E-state index contributed by atoms with van der Waals surface area (Å²) in [6.07, 6.45) is -0.867. The van der Waals surface area contributed by atoms with E-state index in [-0.39, 0.29) is 13.0 Å². The Kier molecular flexibility index (Phi) is 4.82. The summed E-state index contributed by atoms with van der Waals surface area (Å²) in [6, 6.07) is 0.326. The van der Waals surface area contributed by atoms with E-state index in [4.69, 9.17) is 5.73 Å². The topological polar surface area (TPSA) is 58.4 Å². The van der Waals surface area contributed by atoms with Crippen LogP contribution in [0.25, 0.3) is 0 Å². The molecule has 0 aromatic rings. The quantitative estimate of drug-likeness (QED) is 0.784. The summed E-state index contributed by atoms with van der Waals surface area (Å²) in [7, 11) is 0. The monoisotopic (exact) mass is 307 g/mol. The minimum Gasteiger partial charge on any atom is -0.368 e. The molecule has 1 saturated carbocycles. The van der Waals surface area contributed by atoms with Crippen LogP contribution < -0.4 is 11.1 Å². The Morgan fingerprint density at radius 2 is 2.00 bits per heavy atom. The number of alkyl halides is 3. The molecule has 2 aliphatic rings. The van der Waals surface area contributed by atoms with Crippen molar-refractivity contribution in [2.45, 2.75) is 56.8 Å². The van der Waals surface area contributed by atoms with Crippen molar-refractivity contribution in [3.05, 3.63) is 0 Å². The summed E-state index contributed by atoms with van der Waals surface area (Å²) in [5, 5.41) is 3.22. The normalized spacial score (nSPS) is 27.3. The molecule has 2 fully saturated rings. The highest BCUT2D eigenvalue weighted by molar-refractivity contribution is 5.84. The second kappa shape index (κ2) is 6.12. The zero-order chi connectivity index (χ0) is 15.7. The minimum atomic E-state index is -4.13. The van der Waals surface area contributed by atoms with Crippen molar-refractivity contribution >= 4 is 5.91 Å². The first kappa shape index (κ1) is 16.5. The average molecular weight is 307 g/mol. The maximum atomic E-state index is 12.8. The molecule has 1 heterocycles. The van der Waals surface area contributed by atoms with E-state index in [9.17, 15) is 18.0 Å². The molecule has 2 rings (SSSR count). The highest BCUT2D eigenvalue weighted by Gasteiger charge is 2.42. The van der Waals surface area contributed by atoms with Gasteiger partial charge < -0.3 is 16.0 Å². The molecule has 1 amide bonds. The molecular formula is C14H24F3N3O. The lowest BCUT2D eigenvalue weighted by molar-refractivity contribution is -0.186. The van der Waals surface area contributed by atoms with Crippen molar-refractivity contribution < 1.29 is 18.0 Å². The molecule has 7 heteroatoms. The highest BCUT2D eigenvalue weighted by Crippen LogP contribution is 2.33. The molecule has 0 radical (unpaired) electrons. The zero-order valence-corrected chi connectivity index (χ0v) is 12.4. The third-order valence-electron chi connectivity index (χ3n) is 4.54. The van der Waals surface area contributed by atoms with Crippen LogP contribution in [-0.4, -0.2) is 48.2 Å². The van der Waals surface area contributed by atoms with E-state index in [1.807, 2.05) is 0 Å². The second-order valence-corrected chi connectivity index (χ2v) is 6.55. The summed E-state index contributed by atoms with van der Waals surface area (Å²) >= 11 is 0. The molecule has 2 unspecified atom stereocenters. The lowest BCUT2D eigenvalue weighted by atomic mass is 9.93. The Hall–Kier alpha value is -0.820. The van der Waals surface area contributed by atoms with Crippen LogP contribution in [0.2, 0.25) is 0 Å². The van der Waals surface area contributed by atoms with Crippen LogP contribution in [0.4, 0.5) is 13.2 Å². The molecule has 0 aromatic carbocycles. The summed E-state index contributed by atoms with van der Waals surface area (Å²) in [4.78, 5) is 13.4. The summed E-state index contributed by atoms with van der Waals surface area (Å²) in [5.41, 5.74) is 4.63. The van der Waals surface area contributed by atoms with Gasteiger partial charge in [0.25, 0.3) is 0 Å². The molecule has 2 atom stereocenters. The molecule has 1 aliphatic heterocycles. The Labute approximate surface area is 123 Å². The van der Waals surface area contributed by atoms with Gasteiger partial charge in [0.2, 0.25) is 5.91 Å². The number of carbonyl (C=O) groups is 1. The third kappa shape index (κ3) is 4.57. The SMILES string of the molecule is CC(CCN1CCCC(C(F)(F)F)C1)(NC1CC1)C(N)=O. The molecule has 21 heavy (non-hydrogen) atoms. The number of nitrogens with zero attached hydrogens (tertiary/aromatic N) is 1. The fourth-order valence-electron chi connectivity index (χ4n) is 2.85. The zero-order valence-electron chi connectivity index (χ0n) is 12.4. The summed E-state index contributed by atoms with van der Waals surface area (Å²) < 4.78 is 38.4. The maximum absolute atomic E-state index is 12.8. The Balaban J connectivity index is 1.86. The van der Waals surface area contributed by atoms with Crippen LogP contribution in [0.3, 0.4) is 0 Å².